The molecule has 0 fully saturated rings. The predicted octanol–water partition coefficient (Wildman–Crippen LogP) is 3.31. The van der Waals surface area contributed by atoms with Gasteiger partial charge in [-0.2, -0.15) is 0 Å². The molecule has 1 heterocycles. The SMILES string of the molecule is COc1ccc2c(c1)O/C(=C/c1ccccc1)C2=O. The van der Waals surface area contributed by atoms with E-state index in [9.17, 15) is 4.79 Å². The van der Waals surface area contributed by atoms with E-state index in [4.69, 9.17) is 9.47 Å². The highest BCUT2D eigenvalue weighted by Crippen LogP contribution is 2.34. The molecule has 0 unspecified atom stereocenters. The van der Waals surface area contributed by atoms with E-state index < -0.39 is 0 Å². The molecule has 0 saturated heterocycles. The van der Waals surface area contributed by atoms with Gasteiger partial charge in [-0.25, -0.2) is 0 Å². The standard InChI is InChI=1S/C16H12O3/c1-18-12-7-8-13-14(10-12)19-15(16(13)17)9-11-5-3-2-4-6-11/h2-10H,1H3/b15-9+. The normalized spacial score (nSPS) is 15.2. The lowest BCUT2D eigenvalue weighted by Crippen LogP contribution is -1.97. The van der Waals surface area contributed by atoms with Gasteiger partial charge in [-0.15, -0.1) is 0 Å². The number of benzene rings is 2. The van der Waals surface area contributed by atoms with Crippen LogP contribution in [0.15, 0.2) is 54.3 Å². The second kappa shape index (κ2) is 4.61. The fourth-order valence-corrected chi connectivity index (χ4v) is 1.99. The van der Waals surface area contributed by atoms with Gasteiger partial charge in [-0.05, 0) is 23.8 Å². The van der Waals surface area contributed by atoms with Crippen molar-refractivity contribution in [1.82, 2.24) is 0 Å². The van der Waals surface area contributed by atoms with E-state index in [1.807, 2.05) is 30.3 Å². The molecule has 0 N–H and O–H groups in total. The number of carbonyl (C=O) groups is 1. The first-order valence-corrected chi connectivity index (χ1v) is 5.95. The van der Waals surface area contributed by atoms with Gasteiger partial charge in [0.1, 0.15) is 11.5 Å². The molecule has 0 bridgehead atoms. The van der Waals surface area contributed by atoms with E-state index in [0.29, 0.717) is 22.8 Å². The average molecular weight is 252 g/mol. The van der Waals surface area contributed by atoms with Crippen molar-refractivity contribution in [1.29, 1.82) is 0 Å². The molecule has 3 rings (SSSR count). The Bertz CT molecular complexity index is 657. The van der Waals surface area contributed by atoms with Gasteiger partial charge in [0.15, 0.2) is 5.76 Å². The summed E-state index contributed by atoms with van der Waals surface area (Å²) in [6, 6.07) is 14.8. The van der Waals surface area contributed by atoms with Gasteiger partial charge in [0.25, 0.3) is 0 Å². The molecule has 1 aliphatic heterocycles. The lowest BCUT2D eigenvalue weighted by Gasteiger charge is -2.01. The molecular weight excluding hydrogens is 240 g/mol. The monoisotopic (exact) mass is 252 g/mol. The molecule has 0 spiro atoms. The Morgan fingerprint density at radius 1 is 1.11 bits per heavy atom. The van der Waals surface area contributed by atoms with Crippen molar-refractivity contribution in [2.24, 2.45) is 0 Å². The minimum Gasteiger partial charge on any atom is -0.497 e. The summed E-state index contributed by atoms with van der Waals surface area (Å²) in [7, 11) is 1.58. The van der Waals surface area contributed by atoms with Crippen LogP contribution in [-0.2, 0) is 0 Å². The third kappa shape index (κ3) is 2.10. The Morgan fingerprint density at radius 2 is 1.89 bits per heavy atom. The van der Waals surface area contributed by atoms with Crippen molar-refractivity contribution in [3.05, 3.63) is 65.4 Å². The summed E-state index contributed by atoms with van der Waals surface area (Å²) in [4.78, 5) is 12.2. The number of ether oxygens (including phenoxy) is 2. The van der Waals surface area contributed by atoms with Crippen LogP contribution in [0.4, 0.5) is 0 Å². The minimum atomic E-state index is -0.0958. The topological polar surface area (TPSA) is 35.5 Å². The Morgan fingerprint density at radius 3 is 2.63 bits per heavy atom. The zero-order valence-corrected chi connectivity index (χ0v) is 10.4. The summed E-state index contributed by atoms with van der Waals surface area (Å²) in [5.74, 6) is 1.47. The Balaban J connectivity index is 1.97. The van der Waals surface area contributed by atoms with E-state index in [1.165, 1.54) is 0 Å². The van der Waals surface area contributed by atoms with Crippen LogP contribution < -0.4 is 9.47 Å². The van der Waals surface area contributed by atoms with E-state index in [2.05, 4.69) is 0 Å². The fourth-order valence-electron chi connectivity index (χ4n) is 1.99. The number of carbonyl (C=O) groups excluding carboxylic acids is 1. The Kier molecular flexibility index (Phi) is 2.80. The minimum absolute atomic E-state index is 0.0958. The maximum Gasteiger partial charge on any atom is 0.231 e. The van der Waals surface area contributed by atoms with Crippen LogP contribution in [0.25, 0.3) is 6.08 Å². The van der Waals surface area contributed by atoms with E-state index in [1.54, 1.807) is 31.4 Å². The van der Waals surface area contributed by atoms with E-state index in [-0.39, 0.29) is 5.78 Å². The summed E-state index contributed by atoms with van der Waals surface area (Å²) in [5, 5.41) is 0. The summed E-state index contributed by atoms with van der Waals surface area (Å²) in [5.41, 5.74) is 1.51. The molecule has 3 heteroatoms. The van der Waals surface area contributed by atoms with E-state index in [0.717, 1.165) is 5.56 Å². The highest BCUT2D eigenvalue weighted by molar-refractivity contribution is 6.14. The highest BCUT2D eigenvalue weighted by atomic mass is 16.5. The predicted molar refractivity (Wildman–Crippen MR) is 72.4 cm³/mol. The van der Waals surface area contributed by atoms with Gasteiger partial charge < -0.3 is 9.47 Å². The molecule has 0 aromatic heterocycles. The maximum absolute atomic E-state index is 12.2. The molecule has 94 valence electrons. The van der Waals surface area contributed by atoms with Crippen LogP contribution in [0.3, 0.4) is 0 Å². The number of hydrogen-bond acceptors (Lipinski definition) is 3. The second-order valence-electron chi connectivity index (χ2n) is 4.21. The van der Waals surface area contributed by atoms with Gasteiger partial charge >= 0.3 is 0 Å². The van der Waals surface area contributed by atoms with Crippen molar-refractivity contribution in [2.75, 3.05) is 7.11 Å². The molecule has 3 nitrogen and oxygen atoms in total. The Labute approximate surface area is 111 Å². The van der Waals surface area contributed by atoms with Crippen LogP contribution >= 0.6 is 0 Å². The quantitative estimate of drug-likeness (QED) is 0.769. The molecule has 0 atom stereocenters. The lowest BCUT2D eigenvalue weighted by atomic mass is 10.1. The molecule has 2 aromatic rings. The number of allylic oxidation sites excluding steroid dienone is 1. The van der Waals surface area contributed by atoms with Gasteiger partial charge in [0.2, 0.25) is 5.78 Å². The maximum atomic E-state index is 12.2. The van der Waals surface area contributed by atoms with Gasteiger partial charge in [-0.1, -0.05) is 30.3 Å². The number of rotatable bonds is 2. The van der Waals surface area contributed by atoms with Crippen LogP contribution in [-0.4, -0.2) is 12.9 Å². The third-order valence-electron chi connectivity index (χ3n) is 2.97. The summed E-state index contributed by atoms with van der Waals surface area (Å²) in [6.07, 6.45) is 1.74. The zero-order chi connectivity index (χ0) is 13.2. The molecule has 2 aromatic carbocycles. The number of hydrogen-bond donors (Lipinski definition) is 0. The van der Waals surface area contributed by atoms with Crippen LogP contribution in [0.5, 0.6) is 11.5 Å². The highest BCUT2D eigenvalue weighted by Gasteiger charge is 2.27. The molecule has 19 heavy (non-hydrogen) atoms. The first-order chi connectivity index (χ1) is 9.28. The van der Waals surface area contributed by atoms with Crippen LogP contribution in [0.2, 0.25) is 0 Å². The smallest absolute Gasteiger partial charge is 0.231 e. The van der Waals surface area contributed by atoms with E-state index >= 15 is 0 Å². The lowest BCUT2D eigenvalue weighted by molar-refractivity contribution is 0.101. The van der Waals surface area contributed by atoms with Gasteiger partial charge in [0.05, 0.1) is 12.7 Å². The number of Topliss-reactive ketones (excluding diaryl/α,β-unsaturated/α-hetero) is 1. The summed E-state index contributed by atoms with van der Waals surface area (Å²) < 4.78 is 10.7. The van der Waals surface area contributed by atoms with Crippen molar-refractivity contribution < 1.29 is 14.3 Å². The third-order valence-corrected chi connectivity index (χ3v) is 2.97. The molecule has 1 aliphatic rings. The van der Waals surface area contributed by atoms with Gasteiger partial charge in [-0.3, -0.25) is 4.79 Å². The first kappa shape index (κ1) is 11.5. The second-order valence-corrected chi connectivity index (χ2v) is 4.21. The number of fused-ring (bicyclic) bond motifs is 1. The van der Waals surface area contributed by atoms with Crippen LogP contribution in [0.1, 0.15) is 15.9 Å². The molecular formula is C16H12O3. The van der Waals surface area contributed by atoms with Crippen molar-refractivity contribution in [2.45, 2.75) is 0 Å². The summed E-state index contributed by atoms with van der Waals surface area (Å²) in [6.45, 7) is 0. The summed E-state index contributed by atoms with van der Waals surface area (Å²) >= 11 is 0. The largest absolute Gasteiger partial charge is 0.497 e. The van der Waals surface area contributed by atoms with Gasteiger partial charge in [0, 0.05) is 6.07 Å². The molecule has 0 radical (unpaired) electrons. The van der Waals surface area contributed by atoms with Crippen molar-refractivity contribution >= 4 is 11.9 Å². The fraction of sp³-hybridized carbons (Fsp3) is 0.0625. The molecule has 0 saturated carbocycles. The average Bonchev–Trinajstić information content (AvgIpc) is 2.76. The Hall–Kier alpha value is -2.55. The van der Waals surface area contributed by atoms with Crippen LogP contribution in [0, 0.1) is 0 Å². The van der Waals surface area contributed by atoms with Crippen molar-refractivity contribution in [3.8, 4) is 11.5 Å². The molecule has 0 aliphatic carbocycles. The zero-order valence-electron chi connectivity index (χ0n) is 10.4. The first-order valence-electron chi connectivity index (χ1n) is 5.95. The number of methoxy groups -OCH3 is 1. The molecule has 0 amide bonds. The number of ketones is 1. The van der Waals surface area contributed by atoms with Crippen molar-refractivity contribution in [3.63, 3.8) is 0 Å².